The molecule has 1 N–H and O–H groups in total. The average molecular weight is 657 g/mol. The molecule has 0 fully saturated rings. The minimum atomic E-state index is -4.35. The number of halogens is 3. The van der Waals surface area contributed by atoms with Crippen LogP contribution in [0.15, 0.2) is 65.6 Å². The van der Waals surface area contributed by atoms with Crippen molar-refractivity contribution in [3.8, 4) is 11.5 Å². The monoisotopic (exact) mass is 655 g/mol. The van der Waals surface area contributed by atoms with Gasteiger partial charge in [0, 0.05) is 39.8 Å². The third-order valence-electron chi connectivity index (χ3n) is 6.44. The Labute approximate surface area is 261 Å². The third-order valence-corrected chi connectivity index (χ3v) is 9.17. The number of hydrogen-bond donors (Lipinski definition) is 1. The lowest BCUT2D eigenvalue weighted by Gasteiger charge is -2.32. The molecule has 2 amide bonds. The summed E-state index contributed by atoms with van der Waals surface area (Å²) in [4.78, 5) is 28.1. The Morgan fingerprint density at radius 2 is 1.55 bits per heavy atom. The SMILES string of the molecule is CCCNC(=O)[C@@H](C)N(Cc1c(Cl)cccc1Cl)C(=O)CN(c1ccc(Cl)cc1)S(=O)(=O)c1ccc(OC)c(OC)c1. The number of methoxy groups -OCH3 is 2. The highest BCUT2D eigenvalue weighted by Crippen LogP contribution is 2.33. The van der Waals surface area contributed by atoms with Crippen LogP contribution in [0.5, 0.6) is 11.5 Å². The van der Waals surface area contributed by atoms with Crippen molar-refractivity contribution in [1.82, 2.24) is 10.2 Å². The van der Waals surface area contributed by atoms with E-state index in [1.54, 1.807) is 25.1 Å². The van der Waals surface area contributed by atoms with Crippen LogP contribution < -0.4 is 19.1 Å². The Morgan fingerprint density at radius 3 is 2.12 bits per heavy atom. The first-order valence-corrected chi connectivity index (χ1v) is 15.5. The first-order chi connectivity index (χ1) is 19.9. The number of rotatable bonds is 13. The molecular weight excluding hydrogens is 625 g/mol. The van der Waals surface area contributed by atoms with Gasteiger partial charge in [-0.2, -0.15) is 0 Å². The first-order valence-electron chi connectivity index (χ1n) is 12.9. The predicted molar refractivity (Wildman–Crippen MR) is 165 cm³/mol. The smallest absolute Gasteiger partial charge is 0.264 e. The average Bonchev–Trinajstić information content (AvgIpc) is 2.98. The van der Waals surface area contributed by atoms with Gasteiger partial charge in [0.05, 0.1) is 24.8 Å². The maximum Gasteiger partial charge on any atom is 0.264 e. The Hall–Kier alpha value is -3.18. The normalized spacial score (nSPS) is 11.9. The number of benzene rings is 3. The van der Waals surface area contributed by atoms with Crippen LogP contribution in [0.1, 0.15) is 25.8 Å². The summed E-state index contributed by atoms with van der Waals surface area (Å²) in [6.07, 6.45) is 0.691. The van der Waals surface area contributed by atoms with Crippen LogP contribution in [0.4, 0.5) is 5.69 Å². The fourth-order valence-electron chi connectivity index (χ4n) is 4.07. The molecule has 0 spiro atoms. The summed E-state index contributed by atoms with van der Waals surface area (Å²) in [5.74, 6) is -0.546. The largest absolute Gasteiger partial charge is 0.493 e. The molecule has 3 aromatic rings. The summed E-state index contributed by atoms with van der Waals surface area (Å²) in [6.45, 7) is 3.08. The molecule has 0 aliphatic heterocycles. The van der Waals surface area contributed by atoms with Crippen LogP contribution in [-0.4, -0.2) is 58.5 Å². The van der Waals surface area contributed by atoms with E-state index in [4.69, 9.17) is 44.3 Å². The van der Waals surface area contributed by atoms with Gasteiger partial charge < -0.3 is 19.7 Å². The van der Waals surface area contributed by atoms with Gasteiger partial charge in [-0.1, -0.05) is 47.8 Å². The van der Waals surface area contributed by atoms with Gasteiger partial charge >= 0.3 is 0 Å². The summed E-state index contributed by atoms with van der Waals surface area (Å²) in [6, 6.07) is 14.0. The highest BCUT2D eigenvalue weighted by atomic mass is 35.5. The second-order valence-electron chi connectivity index (χ2n) is 9.19. The number of ether oxygens (including phenoxy) is 2. The Morgan fingerprint density at radius 1 is 0.929 bits per heavy atom. The van der Waals surface area contributed by atoms with Crippen LogP contribution in [-0.2, 0) is 26.2 Å². The van der Waals surface area contributed by atoms with Crippen LogP contribution in [0.25, 0.3) is 0 Å². The van der Waals surface area contributed by atoms with E-state index in [2.05, 4.69) is 5.32 Å². The topological polar surface area (TPSA) is 105 Å². The maximum absolute atomic E-state index is 14.1. The summed E-state index contributed by atoms with van der Waals surface area (Å²) in [5, 5.41) is 3.76. The highest BCUT2D eigenvalue weighted by Gasteiger charge is 2.33. The van der Waals surface area contributed by atoms with E-state index in [0.29, 0.717) is 39.3 Å². The van der Waals surface area contributed by atoms with E-state index in [-0.39, 0.29) is 22.9 Å². The first kappa shape index (κ1) is 33.3. The molecule has 0 unspecified atom stereocenters. The van der Waals surface area contributed by atoms with Gasteiger partial charge in [0.15, 0.2) is 11.5 Å². The highest BCUT2D eigenvalue weighted by molar-refractivity contribution is 7.92. The molecule has 3 aromatic carbocycles. The number of amides is 2. The number of hydrogen-bond acceptors (Lipinski definition) is 6. The number of sulfonamides is 1. The Bertz CT molecular complexity index is 1500. The van der Waals surface area contributed by atoms with Gasteiger partial charge in [-0.15, -0.1) is 0 Å². The summed E-state index contributed by atoms with van der Waals surface area (Å²) >= 11 is 18.9. The molecule has 0 saturated carbocycles. The molecular formula is C29H32Cl3N3O6S. The molecule has 3 rings (SSSR count). The molecule has 1 atom stereocenters. The molecule has 0 aliphatic rings. The second-order valence-corrected chi connectivity index (χ2v) is 12.3. The number of nitrogens with one attached hydrogen (secondary N) is 1. The Balaban J connectivity index is 2.09. The number of nitrogens with zero attached hydrogens (tertiary/aromatic N) is 2. The minimum Gasteiger partial charge on any atom is -0.493 e. The molecule has 0 radical (unpaired) electrons. The van der Waals surface area contributed by atoms with Crippen molar-refractivity contribution in [3.05, 3.63) is 81.3 Å². The van der Waals surface area contributed by atoms with Crippen molar-refractivity contribution in [2.24, 2.45) is 0 Å². The number of anilines is 1. The van der Waals surface area contributed by atoms with Crippen LogP contribution in [0.3, 0.4) is 0 Å². The molecule has 0 saturated heterocycles. The summed E-state index contributed by atoms with van der Waals surface area (Å²) in [7, 11) is -1.53. The van der Waals surface area contributed by atoms with E-state index >= 15 is 0 Å². The van der Waals surface area contributed by atoms with Gasteiger partial charge in [-0.25, -0.2) is 8.42 Å². The number of carbonyl (C=O) groups is 2. The molecule has 9 nitrogen and oxygen atoms in total. The van der Waals surface area contributed by atoms with E-state index in [9.17, 15) is 18.0 Å². The maximum atomic E-state index is 14.1. The quantitative estimate of drug-likeness (QED) is 0.249. The van der Waals surface area contributed by atoms with Gasteiger partial charge in [0.25, 0.3) is 10.0 Å². The zero-order chi connectivity index (χ0) is 31.0. The van der Waals surface area contributed by atoms with Crippen molar-refractivity contribution in [2.75, 3.05) is 31.6 Å². The van der Waals surface area contributed by atoms with Gasteiger partial charge in [0.1, 0.15) is 12.6 Å². The molecule has 0 heterocycles. The molecule has 226 valence electrons. The zero-order valence-corrected chi connectivity index (χ0v) is 26.6. The molecule has 42 heavy (non-hydrogen) atoms. The second kappa shape index (κ2) is 14.8. The third kappa shape index (κ3) is 7.80. The standard InChI is InChI=1S/C29H32Cl3N3O6S/c1-5-15-33-29(37)19(2)34(17-23-24(31)7-6-8-25(23)32)28(36)18-35(21-11-9-20(30)10-12-21)42(38,39)22-13-14-26(40-3)27(16-22)41-4/h6-14,16,19H,5,15,17-18H2,1-4H3,(H,33,37)/t19-/m1/s1. The molecule has 13 heteroatoms. The van der Waals surface area contributed by atoms with Crippen molar-refractivity contribution in [3.63, 3.8) is 0 Å². The fourth-order valence-corrected chi connectivity index (χ4v) is 6.15. The van der Waals surface area contributed by atoms with Crippen molar-refractivity contribution >= 4 is 62.3 Å². The molecule has 0 bridgehead atoms. The van der Waals surface area contributed by atoms with Crippen LogP contribution in [0.2, 0.25) is 15.1 Å². The van der Waals surface area contributed by atoms with Gasteiger partial charge in [-0.3, -0.25) is 13.9 Å². The van der Waals surface area contributed by atoms with Crippen molar-refractivity contribution < 1.29 is 27.5 Å². The van der Waals surface area contributed by atoms with E-state index in [0.717, 1.165) is 4.31 Å². The lowest BCUT2D eigenvalue weighted by molar-refractivity contribution is -0.139. The predicted octanol–water partition coefficient (Wildman–Crippen LogP) is 5.80. The number of carbonyl (C=O) groups excluding carboxylic acids is 2. The van der Waals surface area contributed by atoms with Crippen LogP contribution >= 0.6 is 34.8 Å². The van der Waals surface area contributed by atoms with E-state index in [1.165, 1.54) is 61.6 Å². The van der Waals surface area contributed by atoms with Gasteiger partial charge in [-0.05, 0) is 61.9 Å². The van der Waals surface area contributed by atoms with E-state index in [1.807, 2.05) is 6.92 Å². The molecule has 0 aliphatic carbocycles. The lowest BCUT2D eigenvalue weighted by atomic mass is 10.1. The minimum absolute atomic E-state index is 0.136. The molecule has 0 aromatic heterocycles. The summed E-state index contributed by atoms with van der Waals surface area (Å²) in [5.41, 5.74) is 0.603. The Kier molecular flexibility index (Phi) is 11.8. The lowest BCUT2D eigenvalue weighted by Crippen LogP contribution is -2.51. The van der Waals surface area contributed by atoms with E-state index < -0.39 is 34.4 Å². The zero-order valence-electron chi connectivity index (χ0n) is 23.6. The summed E-state index contributed by atoms with van der Waals surface area (Å²) < 4.78 is 39.6. The van der Waals surface area contributed by atoms with Gasteiger partial charge in [0.2, 0.25) is 11.8 Å². The van der Waals surface area contributed by atoms with Crippen LogP contribution in [0, 0.1) is 0 Å². The fraction of sp³-hybridized carbons (Fsp3) is 0.310. The van der Waals surface area contributed by atoms with Crippen molar-refractivity contribution in [1.29, 1.82) is 0 Å². The van der Waals surface area contributed by atoms with Crippen molar-refractivity contribution in [2.45, 2.75) is 37.8 Å².